The molecular weight excluding hydrogens is 373 g/mol. The molecule has 0 fully saturated rings. The Hall–Kier alpha value is -3.94. The topological polar surface area (TPSA) is 120 Å². The smallest absolute Gasteiger partial charge is 0.253 e. The van der Waals surface area contributed by atoms with E-state index in [1.807, 2.05) is 6.92 Å². The van der Waals surface area contributed by atoms with Crippen LogP contribution in [0.5, 0.6) is 5.75 Å². The summed E-state index contributed by atoms with van der Waals surface area (Å²) in [4.78, 5) is 21.0. The Kier molecular flexibility index (Phi) is 4.19. The van der Waals surface area contributed by atoms with Gasteiger partial charge in [-0.2, -0.15) is 0 Å². The first-order valence-electron chi connectivity index (χ1n) is 8.81. The minimum Gasteiger partial charge on any atom is -0.508 e. The van der Waals surface area contributed by atoms with Crippen molar-refractivity contribution < 1.29 is 14.3 Å². The monoisotopic (exact) mass is 391 g/mol. The van der Waals surface area contributed by atoms with E-state index in [1.165, 1.54) is 18.3 Å². The Morgan fingerprint density at radius 3 is 2.48 bits per heavy atom. The molecule has 0 aliphatic rings. The molecule has 0 spiro atoms. The van der Waals surface area contributed by atoms with Crippen molar-refractivity contribution in [3.63, 3.8) is 0 Å². The van der Waals surface area contributed by atoms with Crippen molar-refractivity contribution >= 4 is 22.8 Å². The SMILES string of the molecule is Cc1ccc(O)c(C)c1-n1c(N)c(C(N)=O)c2cnc(-c3ccc(F)cc3)nc21. The summed E-state index contributed by atoms with van der Waals surface area (Å²) in [6.45, 7) is 3.61. The first-order valence-corrected chi connectivity index (χ1v) is 8.81. The second kappa shape index (κ2) is 6.59. The third kappa shape index (κ3) is 2.85. The molecule has 0 radical (unpaired) electrons. The van der Waals surface area contributed by atoms with Crippen molar-refractivity contribution in [1.82, 2.24) is 14.5 Å². The zero-order chi connectivity index (χ0) is 20.9. The van der Waals surface area contributed by atoms with Gasteiger partial charge in [-0.3, -0.25) is 9.36 Å². The molecule has 2 heterocycles. The summed E-state index contributed by atoms with van der Waals surface area (Å²) in [6.07, 6.45) is 1.47. The average molecular weight is 391 g/mol. The van der Waals surface area contributed by atoms with Gasteiger partial charge in [0.05, 0.1) is 16.6 Å². The van der Waals surface area contributed by atoms with Crippen molar-refractivity contribution in [2.45, 2.75) is 13.8 Å². The van der Waals surface area contributed by atoms with Crippen LogP contribution >= 0.6 is 0 Å². The number of nitrogens with two attached hydrogens (primary N) is 2. The van der Waals surface area contributed by atoms with E-state index >= 15 is 0 Å². The normalized spacial score (nSPS) is 11.1. The molecule has 8 heteroatoms. The van der Waals surface area contributed by atoms with Gasteiger partial charge in [-0.1, -0.05) is 6.07 Å². The maximum absolute atomic E-state index is 13.3. The van der Waals surface area contributed by atoms with Gasteiger partial charge in [0, 0.05) is 17.3 Å². The number of phenolic OH excluding ortho intramolecular Hbond substituents is 1. The van der Waals surface area contributed by atoms with E-state index in [4.69, 9.17) is 11.5 Å². The van der Waals surface area contributed by atoms with E-state index in [0.717, 1.165) is 5.56 Å². The number of hydrogen-bond donors (Lipinski definition) is 3. The van der Waals surface area contributed by atoms with Crippen LogP contribution in [0.25, 0.3) is 28.1 Å². The highest BCUT2D eigenvalue weighted by Crippen LogP contribution is 2.35. The summed E-state index contributed by atoms with van der Waals surface area (Å²) in [5.74, 6) is -0.554. The fourth-order valence-electron chi connectivity index (χ4n) is 3.48. The van der Waals surface area contributed by atoms with Crippen LogP contribution in [0.1, 0.15) is 21.5 Å². The molecular formula is C21H18FN5O2. The molecule has 7 nitrogen and oxygen atoms in total. The summed E-state index contributed by atoms with van der Waals surface area (Å²) in [5.41, 5.74) is 14.9. The number of anilines is 1. The number of benzene rings is 2. The van der Waals surface area contributed by atoms with E-state index in [1.54, 1.807) is 35.8 Å². The Labute approximate surface area is 165 Å². The number of aromatic hydroxyl groups is 1. The van der Waals surface area contributed by atoms with E-state index in [0.29, 0.717) is 33.7 Å². The summed E-state index contributed by atoms with van der Waals surface area (Å²) < 4.78 is 14.9. The minimum absolute atomic E-state index is 0.0836. The van der Waals surface area contributed by atoms with Gasteiger partial charge in [0.25, 0.3) is 5.91 Å². The fourth-order valence-corrected chi connectivity index (χ4v) is 3.48. The first-order chi connectivity index (χ1) is 13.8. The number of rotatable bonds is 3. The number of carbonyl (C=O) groups is 1. The Balaban J connectivity index is 2.09. The number of phenols is 1. The maximum atomic E-state index is 13.3. The molecule has 146 valence electrons. The molecule has 0 atom stereocenters. The molecule has 4 aromatic rings. The standard InChI is InChI=1S/C21H18FN5O2/c1-10-3-8-15(28)11(2)17(10)27-18(23)16(19(24)29)14-9-25-20(26-21(14)27)12-4-6-13(22)7-5-12/h3-9,28H,23H2,1-2H3,(H2,24,29). The Bertz CT molecular complexity index is 1280. The highest BCUT2D eigenvalue weighted by atomic mass is 19.1. The number of fused-ring (bicyclic) bond motifs is 1. The number of carbonyl (C=O) groups excluding carboxylic acids is 1. The number of nitrogen functional groups attached to an aromatic ring is 1. The second-order valence-electron chi connectivity index (χ2n) is 6.77. The quantitative estimate of drug-likeness (QED) is 0.495. The van der Waals surface area contributed by atoms with Gasteiger partial charge in [-0.25, -0.2) is 14.4 Å². The molecule has 0 unspecified atom stereocenters. The van der Waals surface area contributed by atoms with Crippen molar-refractivity contribution in [1.29, 1.82) is 0 Å². The first kappa shape index (κ1) is 18.4. The lowest BCUT2D eigenvalue weighted by Crippen LogP contribution is -2.14. The van der Waals surface area contributed by atoms with E-state index < -0.39 is 5.91 Å². The number of halogens is 1. The van der Waals surface area contributed by atoms with E-state index in [2.05, 4.69) is 9.97 Å². The number of nitrogens with zero attached hydrogens (tertiary/aromatic N) is 3. The predicted octanol–water partition coefficient (Wildman–Crippen LogP) is 3.23. The Morgan fingerprint density at radius 1 is 1.14 bits per heavy atom. The fraction of sp³-hybridized carbons (Fsp3) is 0.0952. The molecule has 5 N–H and O–H groups in total. The van der Waals surface area contributed by atoms with Crippen molar-refractivity contribution in [3.05, 3.63) is 65.1 Å². The van der Waals surface area contributed by atoms with E-state index in [9.17, 15) is 14.3 Å². The van der Waals surface area contributed by atoms with Crippen LogP contribution in [0.4, 0.5) is 10.2 Å². The van der Waals surface area contributed by atoms with Gasteiger partial charge in [0.15, 0.2) is 11.5 Å². The van der Waals surface area contributed by atoms with Crippen LogP contribution in [0.3, 0.4) is 0 Å². The predicted molar refractivity (Wildman–Crippen MR) is 108 cm³/mol. The molecule has 0 aliphatic heterocycles. The van der Waals surface area contributed by atoms with Crippen molar-refractivity contribution in [2.75, 3.05) is 5.73 Å². The second-order valence-corrected chi connectivity index (χ2v) is 6.77. The molecule has 0 saturated carbocycles. The van der Waals surface area contributed by atoms with Gasteiger partial charge in [0.1, 0.15) is 17.4 Å². The van der Waals surface area contributed by atoms with Gasteiger partial charge < -0.3 is 16.6 Å². The molecule has 1 amide bonds. The zero-order valence-corrected chi connectivity index (χ0v) is 15.8. The van der Waals surface area contributed by atoms with Gasteiger partial charge >= 0.3 is 0 Å². The average Bonchev–Trinajstić information content (AvgIpc) is 2.97. The zero-order valence-electron chi connectivity index (χ0n) is 15.8. The van der Waals surface area contributed by atoms with Gasteiger partial charge in [0.2, 0.25) is 0 Å². The molecule has 4 rings (SSSR count). The van der Waals surface area contributed by atoms with Crippen molar-refractivity contribution in [2.24, 2.45) is 5.73 Å². The number of hydrogen-bond acceptors (Lipinski definition) is 5. The number of amides is 1. The molecule has 2 aromatic carbocycles. The molecule has 29 heavy (non-hydrogen) atoms. The highest BCUT2D eigenvalue weighted by molar-refractivity contribution is 6.11. The summed E-state index contributed by atoms with van der Waals surface area (Å²) >= 11 is 0. The number of primary amides is 1. The van der Waals surface area contributed by atoms with E-state index in [-0.39, 0.29) is 22.9 Å². The Morgan fingerprint density at radius 2 is 1.83 bits per heavy atom. The molecule has 2 aromatic heterocycles. The van der Waals surface area contributed by atoms with Crippen LogP contribution in [0, 0.1) is 19.7 Å². The lowest BCUT2D eigenvalue weighted by Gasteiger charge is -2.15. The molecule has 0 bridgehead atoms. The largest absolute Gasteiger partial charge is 0.508 e. The third-order valence-electron chi connectivity index (χ3n) is 4.92. The van der Waals surface area contributed by atoms with Crippen molar-refractivity contribution in [3.8, 4) is 22.8 Å². The minimum atomic E-state index is -0.708. The lowest BCUT2D eigenvalue weighted by atomic mass is 10.1. The van der Waals surface area contributed by atoms with Crippen LogP contribution in [-0.4, -0.2) is 25.5 Å². The van der Waals surface area contributed by atoms with Gasteiger partial charge in [-0.05, 0) is 49.7 Å². The molecule has 0 aliphatic carbocycles. The third-order valence-corrected chi connectivity index (χ3v) is 4.92. The molecule has 0 saturated heterocycles. The maximum Gasteiger partial charge on any atom is 0.253 e. The van der Waals surface area contributed by atoms with Crippen LogP contribution < -0.4 is 11.5 Å². The summed E-state index contributed by atoms with van der Waals surface area (Å²) in [7, 11) is 0. The van der Waals surface area contributed by atoms with Crippen LogP contribution in [0.2, 0.25) is 0 Å². The number of aryl methyl sites for hydroxylation is 1. The summed E-state index contributed by atoms with van der Waals surface area (Å²) in [6, 6.07) is 9.09. The van der Waals surface area contributed by atoms with Gasteiger partial charge in [-0.15, -0.1) is 0 Å². The lowest BCUT2D eigenvalue weighted by molar-refractivity contribution is 0.100. The number of aromatic nitrogens is 3. The van der Waals surface area contributed by atoms with Crippen LogP contribution in [-0.2, 0) is 0 Å². The highest BCUT2D eigenvalue weighted by Gasteiger charge is 2.24. The van der Waals surface area contributed by atoms with Crippen LogP contribution in [0.15, 0.2) is 42.6 Å². The summed E-state index contributed by atoms with van der Waals surface area (Å²) in [5, 5.41) is 10.6.